The summed E-state index contributed by atoms with van der Waals surface area (Å²) in [6.07, 6.45) is 3.26. The molecule has 0 aromatic heterocycles. The monoisotopic (exact) mass is 670 g/mol. The quantitative estimate of drug-likeness (QED) is 0.0947. The molecule has 0 atom stereocenters. The van der Waals surface area contributed by atoms with Gasteiger partial charge in [0.05, 0.1) is 23.5 Å². The number of rotatable bonds is 8. The number of carbonyl (C=O) groups is 1. The Morgan fingerprint density at radius 2 is 1.46 bits per heavy atom. The summed E-state index contributed by atoms with van der Waals surface area (Å²) in [7, 11) is 0. The van der Waals surface area contributed by atoms with Gasteiger partial charge < -0.3 is 14.7 Å². The fourth-order valence-corrected chi connectivity index (χ4v) is 8.52. The molecule has 0 unspecified atom stereocenters. The molecule has 0 bridgehead atoms. The molecule has 0 saturated heterocycles. The van der Waals surface area contributed by atoms with Crippen molar-refractivity contribution in [2.75, 3.05) is 13.9 Å². The van der Waals surface area contributed by atoms with Crippen LogP contribution < -0.4 is 13.9 Å². The SMILES string of the molecule is CCC1(CC)c2cc(-c3cccc4c3NSN4/C=C(\C#N)C(=O)O)ccc2-c2ccc(N(c3ccccc3)c3ccc4ccccc4c3)cc21. The molecule has 7 heteroatoms. The van der Waals surface area contributed by atoms with Gasteiger partial charge in [0.1, 0.15) is 6.07 Å². The number of hydrogen-bond donors (Lipinski definition) is 2. The van der Waals surface area contributed by atoms with Crippen LogP contribution in [0.5, 0.6) is 0 Å². The summed E-state index contributed by atoms with van der Waals surface area (Å²) in [6, 6.07) is 47.3. The van der Waals surface area contributed by atoms with E-state index in [1.165, 1.54) is 51.4 Å². The summed E-state index contributed by atoms with van der Waals surface area (Å²) in [6.45, 7) is 4.58. The molecule has 0 radical (unpaired) electrons. The molecule has 244 valence electrons. The number of hydrogen-bond acceptors (Lipinski definition) is 6. The van der Waals surface area contributed by atoms with E-state index in [0.717, 1.165) is 52.4 Å². The van der Waals surface area contributed by atoms with Gasteiger partial charge in [-0.1, -0.05) is 92.7 Å². The van der Waals surface area contributed by atoms with E-state index in [0.29, 0.717) is 0 Å². The first kappa shape index (κ1) is 31.3. The summed E-state index contributed by atoms with van der Waals surface area (Å²) in [5, 5.41) is 21.2. The summed E-state index contributed by atoms with van der Waals surface area (Å²) < 4.78 is 5.07. The predicted octanol–water partition coefficient (Wildman–Crippen LogP) is 11.4. The number of para-hydroxylation sites is 2. The third-order valence-corrected chi connectivity index (χ3v) is 11.0. The van der Waals surface area contributed by atoms with Crippen LogP contribution in [0.2, 0.25) is 0 Å². The number of nitrogens with zero attached hydrogens (tertiary/aromatic N) is 3. The average molecular weight is 671 g/mol. The number of carboxylic acids is 1. The highest BCUT2D eigenvalue weighted by Crippen LogP contribution is 2.56. The largest absolute Gasteiger partial charge is 0.477 e. The highest BCUT2D eigenvalue weighted by molar-refractivity contribution is 8.02. The number of anilines is 5. The second-order valence-corrected chi connectivity index (χ2v) is 13.4. The van der Waals surface area contributed by atoms with Gasteiger partial charge in [-0.25, -0.2) is 4.79 Å². The maximum absolute atomic E-state index is 11.5. The molecule has 8 rings (SSSR count). The first-order chi connectivity index (χ1) is 24.5. The highest BCUT2D eigenvalue weighted by atomic mass is 32.2. The molecule has 0 fully saturated rings. The van der Waals surface area contributed by atoms with Crippen LogP contribution in [0, 0.1) is 11.3 Å². The molecule has 1 aliphatic heterocycles. The third-order valence-electron chi connectivity index (χ3n) is 10.2. The lowest BCUT2D eigenvalue weighted by Gasteiger charge is -2.32. The molecule has 50 heavy (non-hydrogen) atoms. The van der Waals surface area contributed by atoms with Gasteiger partial charge in [-0.15, -0.1) is 0 Å². The van der Waals surface area contributed by atoms with Crippen molar-refractivity contribution in [1.82, 2.24) is 0 Å². The molecule has 0 spiro atoms. The maximum Gasteiger partial charge on any atom is 0.348 e. The Balaban J connectivity index is 1.23. The van der Waals surface area contributed by atoms with Crippen LogP contribution in [-0.2, 0) is 10.2 Å². The zero-order chi connectivity index (χ0) is 34.4. The van der Waals surface area contributed by atoms with Crippen molar-refractivity contribution < 1.29 is 9.90 Å². The van der Waals surface area contributed by atoms with Gasteiger partial charge >= 0.3 is 5.97 Å². The van der Waals surface area contributed by atoms with Gasteiger partial charge in [-0.2, -0.15) is 5.26 Å². The molecule has 0 saturated carbocycles. The normalized spacial score (nSPS) is 14.0. The lowest BCUT2D eigenvalue weighted by Crippen LogP contribution is -2.23. The molecular weight excluding hydrogens is 637 g/mol. The number of aliphatic carboxylic acids is 1. The van der Waals surface area contributed by atoms with Gasteiger partial charge in [0.15, 0.2) is 5.57 Å². The molecular formula is C43H34N4O2S. The van der Waals surface area contributed by atoms with Crippen LogP contribution in [0.3, 0.4) is 0 Å². The second-order valence-electron chi connectivity index (χ2n) is 12.7. The van der Waals surface area contributed by atoms with Gasteiger partial charge in [-0.05, 0) is 100.0 Å². The van der Waals surface area contributed by atoms with Gasteiger partial charge in [0.25, 0.3) is 0 Å². The van der Waals surface area contributed by atoms with Crippen LogP contribution in [0.1, 0.15) is 37.8 Å². The highest BCUT2D eigenvalue weighted by Gasteiger charge is 2.41. The fraction of sp³-hybridized carbons (Fsp3) is 0.116. The van der Waals surface area contributed by atoms with Crippen LogP contribution >= 0.6 is 12.1 Å². The molecule has 6 nitrogen and oxygen atoms in total. The number of nitriles is 1. The van der Waals surface area contributed by atoms with E-state index in [2.05, 4.69) is 139 Å². The van der Waals surface area contributed by atoms with Gasteiger partial charge in [0, 0.05) is 34.2 Å². The minimum atomic E-state index is -1.25. The Kier molecular flexibility index (Phi) is 7.82. The molecule has 1 heterocycles. The topological polar surface area (TPSA) is 79.6 Å². The molecule has 2 aliphatic rings. The smallest absolute Gasteiger partial charge is 0.348 e. The lowest BCUT2D eigenvalue weighted by molar-refractivity contribution is -0.132. The van der Waals surface area contributed by atoms with E-state index in [1.807, 2.05) is 12.1 Å². The summed E-state index contributed by atoms with van der Waals surface area (Å²) >= 11 is 1.25. The standard InChI is InChI=1S/C43H34N4O2S/c1-3-43(4-2)38-24-30(35-15-10-16-40-41(35)45-50-46(40)27-31(26-44)42(48)49)18-21-36(38)37-22-20-34(25-39(37)43)47(32-13-6-5-7-14-32)33-19-17-28-11-8-9-12-29(28)23-33/h5-25,27,45H,3-4H2,1-2H3,(H,48,49)/b31-27+. The van der Waals surface area contributed by atoms with Crippen LogP contribution in [-0.4, -0.2) is 11.1 Å². The minimum Gasteiger partial charge on any atom is -0.477 e. The zero-order valence-corrected chi connectivity index (χ0v) is 28.5. The molecule has 1 aliphatic carbocycles. The number of carboxylic acid groups (broad SMARTS) is 1. The van der Waals surface area contributed by atoms with Gasteiger partial charge in [0.2, 0.25) is 0 Å². The Morgan fingerprint density at radius 1 is 0.780 bits per heavy atom. The van der Waals surface area contributed by atoms with Crippen molar-refractivity contribution in [2.24, 2.45) is 0 Å². The molecule has 0 amide bonds. The van der Waals surface area contributed by atoms with E-state index in [4.69, 9.17) is 0 Å². The van der Waals surface area contributed by atoms with Crippen LogP contribution in [0.15, 0.2) is 139 Å². The van der Waals surface area contributed by atoms with E-state index in [1.54, 1.807) is 10.4 Å². The van der Waals surface area contributed by atoms with Crippen LogP contribution in [0.25, 0.3) is 33.0 Å². The second kappa shape index (κ2) is 12.5. The molecule has 2 N–H and O–H groups in total. The lowest BCUT2D eigenvalue weighted by atomic mass is 9.73. The van der Waals surface area contributed by atoms with Gasteiger partial charge in [-0.3, -0.25) is 4.31 Å². The zero-order valence-electron chi connectivity index (χ0n) is 27.7. The van der Waals surface area contributed by atoms with Crippen molar-refractivity contribution in [3.8, 4) is 28.3 Å². The molecule has 6 aromatic rings. The number of nitrogens with one attached hydrogen (secondary N) is 1. The summed E-state index contributed by atoms with van der Waals surface area (Å²) in [5.41, 5.74) is 11.8. The Morgan fingerprint density at radius 3 is 2.20 bits per heavy atom. The third kappa shape index (κ3) is 4.99. The van der Waals surface area contributed by atoms with E-state index < -0.39 is 5.97 Å². The van der Waals surface area contributed by atoms with E-state index >= 15 is 0 Å². The van der Waals surface area contributed by atoms with E-state index in [9.17, 15) is 15.2 Å². The molecule has 6 aromatic carbocycles. The predicted molar refractivity (Wildman–Crippen MR) is 206 cm³/mol. The summed E-state index contributed by atoms with van der Waals surface area (Å²) in [5.74, 6) is -1.25. The van der Waals surface area contributed by atoms with Crippen molar-refractivity contribution >= 4 is 57.3 Å². The first-order valence-electron chi connectivity index (χ1n) is 16.8. The fourth-order valence-electron chi connectivity index (χ4n) is 7.70. The minimum absolute atomic E-state index is 0.180. The van der Waals surface area contributed by atoms with Crippen molar-refractivity contribution in [3.63, 3.8) is 0 Å². The Hall–Kier alpha value is -5.97. The van der Waals surface area contributed by atoms with E-state index in [-0.39, 0.29) is 11.0 Å². The number of benzene rings is 6. The Labute approximate surface area is 296 Å². The van der Waals surface area contributed by atoms with Crippen molar-refractivity contribution in [3.05, 3.63) is 150 Å². The van der Waals surface area contributed by atoms with Crippen molar-refractivity contribution in [2.45, 2.75) is 32.1 Å². The number of fused-ring (bicyclic) bond motifs is 5. The first-order valence-corrected chi connectivity index (χ1v) is 17.6. The maximum atomic E-state index is 11.5. The van der Waals surface area contributed by atoms with Crippen LogP contribution in [0.4, 0.5) is 28.4 Å². The average Bonchev–Trinajstić information content (AvgIpc) is 3.70. The Bertz CT molecular complexity index is 2380. The summed E-state index contributed by atoms with van der Waals surface area (Å²) in [4.78, 5) is 13.9. The van der Waals surface area contributed by atoms with Crippen molar-refractivity contribution in [1.29, 1.82) is 5.26 Å².